The summed E-state index contributed by atoms with van der Waals surface area (Å²) >= 11 is 0. The van der Waals surface area contributed by atoms with Gasteiger partial charge >= 0.3 is 5.97 Å². The van der Waals surface area contributed by atoms with E-state index in [1.54, 1.807) is 6.92 Å². The van der Waals surface area contributed by atoms with Gasteiger partial charge in [0.2, 0.25) is 6.29 Å². The van der Waals surface area contributed by atoms with Crippen molar-refractivity contribution in [1.29, 1.82) is 0 Å². The van der Waals surface area contributed by atoms with Crippen LogP contribution in [0.25, 0.3) is 0 Å². The predicted octanol–water partition coefficient (Wildman–Crippen LogP) is 3.06. The van der Waals surface area contributed by atoms with Crippen LogP contribution in [0, 0.1) is 0 Å². The maximum absolute atomic E-state index is 12.1. The summed E-state index contributed by atoms with van der Waals surface area (Å²) in [7, 11) is 0. The minimum Gasteiger partial charge on any atom is -0.429 e. The van der Waals surface area contributed by atoms with Crippen molar-refractivity contribution >= 4 is 5.97 Å². The Hall–Kier alpha value is -0.990. The van der Waals surface area contributed by atoms with Gasteiger partial charge in [0, 0.05) is 5.57 Å². The standard InChI is InChI=1S/C20H32O7/c1-7-19(8-2)22-11-13(25-19)14-15-16(27-20(9-3,10-4)26-15)18(23-14)24-17(21)12(5)6/h13-16,18H,5,7-11H2,1-4,6H3. The third-order valence-electron chi connectivity index (χ3n) is 5.88. The summed E-state index contributed by atoms with van der Waals surface area (Å²) in [5.74, 6) is -1.80. The molecule has 0 aromatic carbocycles. The number of fused-ring (bicyclic) bond motifs is 1. The molecule has 0 N–H and O–H groups in total. The molecule has 0 aromatic heterocycles. The topological polar surface area (TPSA) is 72.5 Å². The van der Waals surface area contributed by atoms with Gasteiger partial charge in [0.25, 0.3) is 0 Å². The molecule has 7 heteroatoms. The summed E-state index contributed by atoms with van der Waals surface area (Å²) in [5, 5.41) is 0. The molecule has 7 nitrogen and oxygen atoms in total. The zero-order valence-corrected chi connectivity index (χ0v) is 17.0. The van der Waals surface area contributed by atoms with E-state index >= 15 is 0 Å². The van der Waals surface area contributed by atoms with Gasteiger partial charge in [-0.05, 0) is 32.6 Å². The van der Waals surface area contributed by atoms with E-state index in [1.807, 2.05) is 27.7 Å². The van der Waals surface area contributed by atoms with Gasteiger partial charge in [-0.3, -0.25) is 0 Å². The SMILES string of the molecule is C=C(C)C(=O)OC1OC(C2COC(CC)(CC)O2)C2OC(CC)(CC)OC12. The number of hydrogen-bond acceptors (Lipinski definition) is 7. The van der Waals surface area contributed by atoms with Crippen LogP contribution in [-0.4, -0.2) is 54.9 Å². The van der Waals surface area contributed by atoms with Crippen LogP contribution in [0.1, 0.15) is 60.3 Å². The molecular weight excluding hydrogens is 352 g/mol. The molecule has 0 aromatic rings. The van der Waals surface area contributed by atoms with E-state index in [0.717, 1.165) is 12.8 Å². The smallest absolute Gasteiger partial charge is 0.335 e. The van der Waals surface area contributed by atoms with E-state index in [0.29, 0.717) is 25.0 Å². The second-order valence-corrected chi connectivity index (χ2v) is 7.52. The first-order valence-electron chi connectivity index (χ1n) is 10.0. The zero-order chi connectivity index (χ0) is 19.8. The summed E-state index contributed by atoms with van der Waals surface area (Å²) in [6.07, 6.45) is 0.412. The molecule has 0 saturated carbocycles. The highest BCUT2D eigenvalue weighted by molar-refractivity contribution is 5.87. The van der Waals surface area contributed by atoms with Crippen molar-refractivity contribution in [2.45, 2.75) is 103 Å². The molecule has 0 amide bonds. The van der Waals surface area contributed by atoms with Gasteiger partial charge in [-0.25, -0.2) is 4.79 Å². The number of carbonyl (C=O) groups excluding carboxylic acids is 1. The Bertz CT molecular complexity index is 567. The van der Waals surface area contributed by atoms with Gasteiger partial charge in [-0.2, -0.15) is 0 Å². The lowest BCUT2D eigenvalue weighted by Gasteiger charge is -2.31. The number of rotatable bonds is 7. The van der Waals surface area contributed by atoms with Crippen LogP contribution in [0.15, 0.2) is 12.2 Å². The fourth-order valence-corrected chi connectivity index (χ4v) is 3.98. The molecule has 3 saturated heterocycles. The lowest BCUT2D eigenvalue weighted by atomic mass is 10.1. The number of hydrogen-bond donors (Lipinski definition) is 0. The Morgan fingerprint density at radius 2 is 1.56 bits per heavy atom. The van der Waals surface area contributed by atoms with Crippen LogP contribution in [0.5, 0.6) is 0 Å². The molecule has 5 atom stereocenters. The largest absolute Gasteiger partial charge is 0.429 e. The Balaban J connectivity index is 1.80. The quantitative estimate of drug-likeness (QED) is 0.493. The van der Waals surface area contributed by atoms with Crippen molar-refractivity contribution in [2.24, 2.45) is 0 Å². The second-order valence-electron chi connectivity index (χ2n) is 7.52. The monoisotopic (exact) mass is 384 g/mol. The van der Waals surface area contributed by atoms with Gasteiger partial charge < -0.3 is 28.4 Å². The summed E-state index contributed by atoms with van der Waals surface area (Å²) in [4.78, 5) is 12.1. The highest BCUT2D eigenvalue weighted by Crippen LogP contribution is 2.45. The molecule has 0 spiro atoms. The molecule has 154 valence electrons. The minimum atomic E-state index is -0.856. The van der Waals surface area contributed by atoms with Crippen molar-refractivity contribution in [3.63, 3.8) is 0 Å². The third-order valence-corrected chi connectivity index (χ3v) is 5.88. The van der Waals surface area contributed by atoms with E-state index in [4.69, 9.17) is 28.4 Å². The summed E-state index contributed by atoms with van der Waals surface area (Å²) in [6, 6.07) is 0. The second kappa shape index (κ2) is 7.79. The molecular formula is C20H32O7. The molecule has 3 fully saturated rings. The fourth-order valence-electron chi connectivity index (χ4n) is 3.98. The predicted molar refractivity (Wildman–Crippen MR) is 96.8 cm³/mol. The number of esters is 1. The minimum absolute atomic E-state index is 0.306. The van der Waals surface area contributed by atoms with E-state index in [2.05, 4.69) is 6.58 Å². The zero-order valence-electron chi connectivity index (χ0n) is 17.0. The van der Waals surface area contributed by atoms with Crippen molar-refractivity contribution in [3.05, 3.63) is 12.2 Å². The summed E-state index contributed by atoms with van der Waals surface area (Å²) < 4.78 is 36.3. The van der Waals surface area contributed by atoms with E-state index in [9.17, 15) is 4.79 Å². The Morgan fingerprint density at radius 3 is 2.07 bits per heavy atom. The average molecular weight is 384 g/mol. The van der Waals surface area contributed by atoms with Crippen molar-refractivity contribution in [1.82, 2.24) is 0 Å². The molecule has 3 rings (SSSR count). The maximum atomic E-state index is 12.1. The summed E-state index contributed by atoms with van der Waals surface area (Å²) in [5.41, 5.74) is 0.311. The van der Waals surface area contributed by atoms with Crippen molar-refractivity contribution < 1.29 is 33.2 Å². The fraction of sp³-hybridized carbons (Fsp3) is 0.850. The van der Waals surface area contributed by atoms with Gasteiger partial charge in [0.1, 0.15) is 18.3 Å². The first-order valence-corrected chi connectivity index (χ1v) is 10.0. The van der Waals surface area contributed by atoms with E-state index < -0.39 is 36.0 Å². The third kappa shape index (κ3) is 3.68. The van der Waals surface area contributed by atoms with Crippen LogP contribution in [-0.2, 0) is 33.2 Å². The van der Waals surface area contributed by atoms with Crippen LogP contribution in [0.2, 0.25) is 0 Å². The number of ether oxygens (including phenoxy) is 6. The molecule has 5 unspecified atom stereocenters. The van der Waals surface area contributed by atoms with Gasteiger partial charge in [0.15, 0.2) is 17.7 Å². The molecule has 3 aliphatic heterocycles. The number of carbonyl (C=O) groups is 1. The Morgan fingerprint density at radius 1 is 0.963 bits per heavy atom. The molecule has 0 aliphatic carbocycles. The van der Waals surface area contributed by atoms with Crippen LogP contribution in [0.4, 0.5) is 0 Å². The normalized spacial score (nSPS) is 36.6. The maximum Gasteiger partial charge on any atom is 0.335 e. The van der Waals surface area contributed by atoms with Gasteiger partial charge in [0.05, 0.1) is 6.61 Å². The lowest BCUT2D eigenvalue weighted by Crippen LogP contribution is -2.42. The first-order chi connectivity index (χ1) is 12.8. The Kier molecular flexibility index (Phi) is 5.99. The van der Waals surface area contributed by atoms with Gasteiger partial charge in [-0.15, -0.1) is 0 Å². The Labute approximate surface area is 161 Å². The summed E-state index contributed by atoms with van der Waals surface area (Å²) in [6.45, 7) is 13.8. The highest BCUT2D eigenvalue weighted by Gasteiger charge is 2.62. The van der Waals surface area contributed by atoms with Gasteiger partial charge in [-0.1, -0.05) is 34.3 Å². The van der Waals surface area contributed by atoms with Crippen molar-refractivity contribution in [3.8, 4) is 0 Å². The van der Waals surface area contributed by atoms with Crippen LogP contribution in [0.3, 0.4) is 0 Å². The lowest BCUT2D eigenvalue weighted by molar-refractivity contribution is -0.257. The average Bonchev–Trinajstić information content (AvgIpc) is 3.35. The van der Waals surface area contributed by atoms with E-state index in [-0.39, 0.29) is 12.2 Å². The first kappa shape index (κ1) is 20.7. The van der Waals surface area contributed by atoms with Crippen LogP contribution < -0.4 is 0 Å². The molecule has 3 heterocycles. The molecule has 3 aliphatic rings. The molecule has 0 radical (unpaired) electrons. The van der Waals surface area contributed by atoms with Crippen LogP contribution >= 0.6 is 0 Å². The molecule has 27 heavy (non-hydrogen) atoms. The van der Waals surface area contributed by atoms with E-state index in [1.165, 1.54) is 0 Å². The molecule has 0 bridgehead atoms. The highest BCUT2D eigenvalue weighted by atomic mass is 16.8. The van der Waals surface area contributed by atoms with Crippen molar-refractivity contribution in [2.75, 3.05) is 6.61 Å².